The Morgan fingerprint density at radius 3 is 2.11 bits per heavy atom. The molecule has 1 heterocycles. The number of hydrogen-bond donors (Lipinski definition) is 2. The first kappa shape index (κ1) is 13.2. The fourth-order valence-corrected chi connectivity index (χ4v) is 2.57. The zero-order chi connectivity index (χ0) is 12.8. The molecule has 3 heteroatoms. The highest BCUT2D eigenvalue weighted by atomic mass is 16.3. The van der Waals surface area contributed by atoms with E-state index in [4.69, 9.17) is 0 Å². The molecule has 0 bridgehead atoms. The first-order valence-electron chi connectivity index (χ1n) is 6.99. The van der Waals surface area contributed by atoms with E-state index in [1.54, 1.807) is 6.07 Å². The summed E-state index contributed by atoms with van der Waals surface area (Å²) in [6.45, 7) is 3.01. The Morgan fingerprint density at radius 1 is 0.889 bits per heavy atom. The minimum Gasteiger partial charge on any atom is -0.508 e. The van der Waals surface area contributed by atoms with Gasteiger partial charge in [0, 0.05) is 18.2 Å². The molecule has 2 N–H and O–H groups in total. The van der Waals surface area contributed by atoms with Gasteiger partial charge in [0.25, 0.3) is 0 Å². The van der Waals surface area contributed by atoms with Gasteiger partial charge in [-0.3, -0.25) is 4.90 Å². The fourth-order valence-electron chi connectivity index (χ4n) is 2.57. The van der Waals surface area contributed by atoms with Gasteiger partial charge < -0.3 is 10.2 Å². The van der Waals surface area contributed by atoms with E-state index in [0.717, 1.165) is 25.2 Å². The Bertz CT molecular complexity index is 369. The second-order valence-electron chi connectivity index (χ2n) is 5.21. The van der Waals surface area contributed by atoms with Crippen LogP contribution in [-0.2, 0) is 6.54 Å². The molecule has 0 amide bonds. The minimum absolute atomic E-state index is 0.126. The van der Waals surface area contributed by atoms with Gasteiger partial charge in [-0.25, -0.2) is 0 Å². The maximum Gasteiger partial charge on any atom is 0.123 e. The highest BCUT2D eigenvalue weighted by Crippen LogP contribution is 2.24. The summed E-state index contributed by atoms with van der Waals surface area (Å²) >= 11 is 0. The number of phenolic OH excluding ortho intramolecular Hbond substituents is 2. The summed E-state index contributed by atoms with van der Waals surface area (Å²) in [5.41, 5.74) is 0.909. The van der Waals surface area contributed by atoms with Gasteiger partial charge in [-0.05, 0) is 32.0 Å². The van der Waals surface area contributed by atoms with E-state index in [2.05, 4.69) is 4.90 Å². The Hall–Kier alpha value is -1.22. The summed E-state index contributed by atoms with van der Waals surface area (Å²) in [7, 11) is 0. The highest BCUT2D eigenvalue weighted by molar-refractivity contribution is 5.38. The second-order valence-corrected chi connectivity index (χ2v) is 5.21. The smallest absolute Gasteiger partial charge is 0.123 e. The number of benzene rings is 1. The third-order valence-corrected chi connectivity index (χ3v) is 3.66. The van der Waals surface area contributed by atoms with Gasteiger partial charge in [-0.2, -0.15) is 0 Å². The van der Waals surface area contributed by atoms with Crippen LogP contribution < -0.4 is 0 Å². The van der Waals surface area contributed by atoms with Gasteiger partial charge >= 0.3 is 0 Å². The van der Waals surface area contributed by atoms with Crippen LogP contribution in [0.2, 0.25) is 0 Å². The number of hydrogen-bond acceptors (Lipinski definition) is 3. The SMILES string of the molecule is Oc1ccc(CN2CCCCCCCC2)c(O)c1. The first-order valence-corrected chi connectivity index (χ1v) is 6.99. The third kappa shape index (κ3) is 3.91. The maximum atomic E-state index is 9.82. The molecule has 0 saturated carbocycles. The summed E-state index contributed by atoms with van der Waals surface area (Å²) in [6.07, 6.45) is 7.85. The normalized spacial score (nSPS) is 18.9. The number of aromatic hydroxyl groups is 2. The zero-order valence-corrected chi connectivity index (χ0v) is 10.9. The lowest BCUT2D eigenvalue weighted by molar-refractivity contribution is 0.257. The van der Waals surface area contributed by atoms with Gasteiger partial charge in [-0.15, -0.1) is 0 Å². The summed E-state index contributed by atoms with van der Waals surface area (Å²) in [5.74, 6) is 0.329. The Morgan fingerprint density at radius 2 is 1.50 bits per heavy atom. The Kier molecular flexibility index (Phi) is 4.88. The van der Waals surface area contributed by atoms with Gasteiger partial charge in [-0.1, -0.05) is 31.7 Å². The standard InChI is InChI=1S/C15H23NO2/c17-14-8-7-13(15(18)11-14)12-16-9-5-3-1-2-4-6-10-16/h7-8,11,17-18H,1-6,9-10,12H2. The van der Waals surface area contributed by atoms with Crippen LogP contribution in [0.1, 0.15) is 44.1 Å². The lowest BCUT2D eigenvalue weighted by atomic mass is 10.1. The van der Waals surface area contributed by atoms with Crippen molar-refractivity contribution in [3.05, 3.63) is 23.8 Å². The van der Waals surface area contributed by atoms with Gasteiger partial charge in [0.2, 0.25) is 0 Å². The molecule has 1 aromatic carbocycles. The number of phenols is 2. The second kappa shape index (κ2) is 6.64. The summed E-state index contributed by atoms with van der Waals surface area (Å²) in [5, 5.41) is 19.1. The molecular formula is C15H23NO2. The molecule has 0 aromatic heterocycles. The lowest BCUT2D eigenvalue weighted by Gasteiger charge is -2.22. The molecular weight excluding hydrogens is 226 g/mol. The van der Waals surface area contributed by atoms with Crippen LogP contribution in [0.4, 0.5) is 0 Å². The molecule has 3 nitrogen and oxygen atoms in total. The number of nitrogens with zero attached hydrogens (tertiary/aromatic N) is 1. The average molecular weight is 249 g/mol. The van der Waals surface area contributed by atoms with Crippen LogP contribution in [-0.4, -0.2) is 28.2 Å². The van der Waals surface area contributed by atoms with E-state index in [0.29, 0.717) is 0 Å². The molecule has 1 saturated heterocycles. The van der Waals surface area contributed by atoms with E-state index >= 15 is 0 Å². The predicted molar refractivity (Wildman–Crippen MR) is 72.8 cm³/mol. The molecule has 0 atom stereocenters. The molecule has 1 aromatic rings. The molecule has 18 heavy (non-hydrogen) atoms. The Labute approximate surface area is 109 Å². The van der Waals surface area contributed by atoms with E-state index < -0.39 is 0 Å². The van der Waals surface area contributed by atoms with Crippen molar-refractivity contribution >= 4 is 0 Å². The molecule has 0 aliphatic carbocycles. The Balaban J connectivity index is 1.97. The van der Waals surface area contributed by atoms with Gasteiger partial charge in [0.15, 0.2) is 0 Å². The van der Waals surface area contributed by atoms with Crippen molar-refractivity contribution < 1.29 is 10.2 Å². The fraction of sp³-hybridized carbons (Fsp3) is 0.600. The maximum absolute atomic E-state index is 9.82. The van der Waals surface area contributed by atoms with Crippen molar-refractivity contribution in [3.8, 4) is 11.5 Å². The van der Waals surface area contributed by atoms with E-state index in [-0.39, 0.29) is 11.5 Å². The zero-order valence-electron chi connectivity index (χ0n) is 10.9. The molecule has 0 radical (unpaired) electrons. The monoisotopic (exact) mass is 249 g/mol. The van der Waals surface area contributed by atoms with Crippen LogP contribution in [0.5, 0.6) is 11.5 Å². The van der Waals surface area contributed by atoms with Crippen LogP contribution in [0.15, 0.2) is 18.2 Å². The van der Waals surface area contributed by atoms with Gasteiger partial charge in [0.05, 0.1) is 0 Å². The predicted octanol–water partition coefficient (Wildman–Crippen LogP) is 3.25. The van der Waals surface area contributed by atoms with Crippen LogP contribution >= 0.6 is 0 Å². The summed E-state index contributed by atoms with van der Waals surface area (Å²) in [4.78, 5) is 2.41. The molecule has 1 fully saturated rings. The van der Waals surface area contributed by atoms with Crippen molar-refractivity contribution in [2.75, 3.05) is 13.1 Å². The molecule has 1 aliphatic rings. The third-order valence-electron chi connectivity index (χ3n) is 3.66. The van der Waals surface area contributed by atoms with E-state index in [1.807, 2.05) is 6.07 Å². The van der Waals surface area contributed by atoms with Gasteiger partial charge in [0.1, 0.15) is 11.5 Å². The lowest BCUT2D eigenvalue weighted by Crippen LogP contribution is -2.25. The number of rotatable bonds is 2. The molecule has 2 rings (SSSR count). The molecule has 100 valence electrons. The van der Waals surface area contributed by atoms with Crippen molar-refractivity contribution in [2.45, 2.75) is 45.1 Å². The quantitative estimate of drug-likeness (QED) is 0.845. The summed E-state index contributed by atoms with van der Waals surface area (Å²) in [6, 6.07) is 4.88. The van der Waals surface area contributed by atoms with Crippen molar-refractivity contribution in [1.82, 2.24) is 4.90 Å². The molecule has 0 spiro atoms. The minimum atomic E-state index is 0.126. The topological polar surface area (TPSA) is 43.7 Å². The summed E-state index contributed by atoms with van der Waals surface area (Å²) < 4.78 is 0. The van der Waals surface area contributed by atoms with Crippen LogP contribution in [0, 0.1) is 0 Å². The largest absolute Gasteiger partial charge is 0.508 e. The van der Waals surface area contributed by atoms with Crippen LogP contribution in [0.25, 0.3) is 0 Å². The van der Waals surface area contributed by atoms with E-state index in [1.165, 1.54) is 44.6 Å². The average Bonchev–Trinajstić information content (AvgIpc) is 2.47. The van der Waals surface area contributed by atoms with Crippen molar-refractivity contribution in [3.63, 3.8) is 0 Å². The van der Waals surface area contributed by atoms with Crippen LogP contribution in [0.3, 0.4) is 0 Å². The first-order chi connectivity index (χ1) is 8.75. The van der Waals surface area contributed by atoms with Crippen molar-refractivity contribution in [2.24, 2.45) is 0 Å². The molecule has 0 unspecified atom stereocenters. The van der Waals surface area contributed by atoms with Crippen molar-refractivity contribution in [1.29, 1.82) is 0 Å². The highest BCUT2D eigenvalue weighted by Gasteiger charge is 2.10. The molecule has 1 aliphatic heterocycles. The van der Waals surface area contributed by atoms with E-state index in [9.17, 15) is 10.2 Å².